The van der Waals surface area contributed by atoms with Crippen LogP contribution in [0.5, 0.6) is 5.75 Å². The predicted octanol–water partition coefficient (Wildman–Crippen LogP) is 2.57. The van der Waals surface area contributed by atoms with Crippen LogP contribution in [-0.4, -0.2) is 30.9 Å². The van der Waals surface area contributed by atoms with Gasteiger partial charge in [-0.1, -0.05) is 12.1 Å². The molecule has 1 atom stereocenters. The van der Waals surface area contributed by atoms with Crippen molar-refractivity contribution < 1.29 is 14.6 Å². The number of aliphatic hydroxyl groups excluding tert-OH is 1. The van der Waals surface area contributed by atoms with E-state index in [0.29, 0.717) is 16.8 Å². The van der Waals surface area contributed by atoms with E-state index >= 15 is 0 Å². The molecule has 5 nitrogen and oxygen atoms in total. The van der Waals surface area contributed by atoms with Crippen LogP contribution in [0.2, 0.25) is 0 Å². The topological polar surface area (TPSA) is 51.0 Å². The standard InChI is InChI=1S/C15H19N2O3.ClH/c1-15(2)19-9-11-5-4-6-13(14(11)20-15)17(3)7-12(8-18)16-10-17;/h4-7,10,18H,8-9H2,1-3H3;1H/q+1;. The summed E-state index contributed by atoms with van der Waals surface area (Å²) in [5, 5.41) is 9.22. The summed E-state index contributed by atoms with van der Waals surface area (Å²) in [5.74, 6) is 0.205. The predicted molar refractivity (Wildman–Crippen MR) is 84.6 cm³/mol. The first-order valence-electron chi connectivity index (χ1n) is 6.63. The molecule has 0 saturated heterocycles. The number of aliphatic imine (C=N–C) groups is 1. The quantitative estimate of drug-likeness (QED) is 0.854. The van der Waals surface area contributed by atoms with Crippen LogP contribution in [0.15, 0.2) is 35.1 Å². The fourth-order valence-electron chi connectivity index (χ4n) is 2.49. The zero-order chi connectivity index (χ0) is 14.4. The number of quaternary nitrogens is 1. The van der Waals surface area contributed by atoms with Gasteiger partial charge in [-0.05, 0) is 0 Å². The molecule has 6 heteroatoms. The lowest BCUT2D eigenvalue weighted by Crippen LogP contribution is -2.40. The van der Waals surface area contributed by atoms with Crippen LogP contribution in [0, 0.1) is 0 Å². The van der Waals surface area contributed by atoms with Crippen LogP contribution >= 0.6 is 12.4 Å². The van der Waals surface area contributed by atoms with E-state index in [2.05, 4.69) is 4.99 Å². The molecule has 0 radical (unpaired) electrons. The molecule has 2 heterocycles. The molecular formula is C15H20ClN2O3+. The fraction of sp³-hybridized carbons (Fsp3) is 0.400. The lowest BCUT2D eigenvalue weighted by atomic mass is 10.1. The van der Waals surface area contributed by atoms with Crippen LogP contribution < -0.4 is 9.22 Å². The van der Waals surface area contributed by atoms with Gasteiger partial charge in [0, 0.05) is 25.5 Å². The molecule has 1 aromatic carbocycles. The Kier molecular flexibility index (Phi) is 4.13. The molecule has 21 heavy (non-hydrogen) atoms. The molecule has 0 saturated carbocycles. The van der Waals surface area contributed by atoms with Crippen molar-refractivity contribution >= 4 is 24.4 Å². The van der Waals surface area contributed by atoms with Gasteiger partial charge < -0.3 is 14.6 Å². The first kappa shape index (κ1) is 16.0. The number of nitrogens with zero attached hydrogens (tertiary/aromatic N) is 2. The monoisotopic (exact) mass is 311 g/mol. The van der Waals surface area contributed by atoms with Crippen LogP contribution in [0.25, 0.3) is 0 Å². The van der Waals surface area contributed by atoms with Crippen molar-refractivity contribution in [1.82, 2.24) is 4.48 Å². The van der Waals surface area contributed by atoms with Gasteiger partial charge in [-0.3, -0.25) is 0 Å². The number of ether oxygens (including phenoxy) is 2. The summed E-state index contributed by atoms with van der Waals surface area (Å²) in [6, 6.07) is 6.01. The van der Waals surface area contributed by atoms with Gasteiger partial charge in [0.1, 0.15) is 11.9 Å². The summed E-state index contributed by atoms with van der Waals surface area (Å²) in [6.45, 7) is 4.28. The molecule has 0 amide bonds. The van der Waals surface area contributed by atoms with Crippen LogP contribution in [0.1, 0.15) is 19.4 Å². The number of aliphatic hydroxyl groups is 1. The highest BCUT2D eigenvalue weighted by atomic mass is 35.5. The molecule has 0 bridgehead atoms. The van der Waals surface area contributed by atoms with E-state index in [-0.39, 0.29) is 19.0 Å². The zero-order valence-corrected chi connectivity index (χ0v) is 13.2. The van der Waals surface area contributed by atoms with E-state index in [9.17, 15) is 5.11 Å². The molecule has 0 aromatic heterocycles. The van der Waals surface area contributed by atoms with Gasteiger partial charge >= 0.3 is 0 Å². The summed E-state index contributed by atoms with van der Waals surface area (Å²) >= 11 is 0. The lowest BCUT2D eigenvalue weighted by Gasteiger charge is -2.35. The van der Waals surface area contributed by atoms with Crippen molar-refractivity contribution in [3.05, 3.63) is 35.7 Å². The van der Waals surface area contributed by atoms with Crippen molar-refractivity contribution in [2.45, 2.75) is 26.2 Å². The molecule has 2 aliphatic heterocycles. The SMILES string of the molecule is CC1(C)OCc2cccc([N+]3(C)C=NC(CO)=C3)c2O1.Cl. The van der Waals surface area contributed by atoms with Crippen molar-refractivity contribution in [1.29, 1.82) is 0 Å². The average molecular weight is 312 g/mol. The second kappa shape index (κ2) is 5.42. The Balaban J connectivity index is 0.00000161. The van der Waals surface area contributed by atoms with Crippen molar-refractivity contribution in [3.8, 4) is 5.75 Å². The number of para-hydroxylation sites is 1. The van der Waals surface area contributed by atoms with E-state index in [1.807, 2.05) is 45.3 Å². The van der Waals surface area contributed by atoms with Crippen molar-refractivity contribution in [3.63, 3.8) is 0 Å². The molecule has 0 aliphatic carbocycles. The molecule has 2 aliphatic rings. The zero-order valence-electron chi connectivity index (χ0n) is 12.4. The highest BCUT2D eigenvalue weighted by Crippen LogP contribution is 2.42. The van der Waals surface area contributed by atoms with E-state index in [1.165, 1.54) is 0 Å². The molecule has 0 fully saturated rings. The highest BCUT2D eigenvalue weighted by molar-refractivity contribution is 5.85. The third-order valence-corrected chi connectivity index (χ3v) is 3.56. The van der Waals surface area contributed by atoms with Crippen LogP contribution in [0.4, 0.5) is 5.69 Å². The summed E-state index contributed by atoms with van der Waals surface area (Å²) in [5.41, 5.74) is 2.68. The molecule has 114 valence electrons. The van der Waals surface area contributed by atoms with Gasteiger partial charge in [-0.25, -0.2) is 4.48 Å². The summed E-state index contributed by atoms with van der Waals surface area (Å²) < 4.78 is 12.1. The summed E-state index contributed by atoms with van der Waals surface area (Å²) in [6.07, 6.45) is 3.72. The minimum Gasteiger partial charge on any atom is -0.456 e. The third-order valence-electron chi connectivity index (χ3n) is 3.56. The first-order valence-corrected chi connectivity index (χ1v) is 6.63. The van der Waals surface area contributed by atoms with Crippen molar-refractivity contribution in [2.24, 2.45) is 4.99 Å². The normalized spacial score (nSPS) is 25.6. The van der Waals surface area contributed by atoms with Gasteiger partial charge in [0.15, 0.2) is 17.8 Å². The third kappa shape index (κ3) is 2.82. The van der Waals surface area contributed by atoms with Gasteiger partial charge in [0.05, 0.1) is 20.3 Å². The smallest absolute Gasteiger partial charge is 0.205 e. The van der Waals surface area contributed by atoms with Crippen molar-refractivity contribution in [2.75, 3.05) is 13.7 Å². The van der Waals surface area contributed by atoms with Gasteiger partial charge in [-0.15, -0.1) is 12.4 Å². The second-order valence-corrected chi connectivity index (χ2v) is 5.73. The molecule has 3 rings (SSSR count). The highest BCUT2D eigenvalue weighted by Gasteiger charge is 2.36. The summed E-state index contributed by atoms with van der Waals surface area (Å²) in [4.78, 5) is 4.24. The minimum absolute atomic E-state index is 0. The Labute approximate surface area is 130 Å². The molecule has 0 spiro atoms. The van der Waals surface area contributed by atoms with E-state index in [1.54, 1.807) is 6.34 Å². The van der Waals surface area contributed by atoms with E-state index in [0.717, 1.165) is 17.0 Å². The number of halogens is 1. The lowest BCUT2D eigenvalue weighted by molar-refractivity contribution is -0.180. The van der Waals surface area contributed by atoms with Crippen LogP contribution in [0.3, 0.4) is 0 Å². The molecule has 1 unspecified atom stereocenters. The molecule has 1 N–H and O–H groups in total. The number of benzene rings is 1. The summed E-state index contributed by atoms with van der Waals surface area (Å²) in [7, 11) is 2.01. The Hall–Kier alpha value is -1.40. The second-order valence-electron chi connectivity index (χ2n) is 5.73. The van der Waals surface area contributed by atoms with Gasteiger partial charge in [0.25, 0.3) is 0 Å². The fourth-order valence-corrected chi connectivity index (χ4v) is 2.49. The van der Waals surface area contributed by atoms with Gasteiger partial charge in [0.2, 0.25) is 5.79 Å². The Morgan fingerprint density at radius 1 is 1.38 bits per heavy atom. The molecular weight excluding hydrogens is 292 g/mol. The number of hydrogen-bond donors (Lipinski definition) is 1. The Morgan fingerprint density at radius 2 is 2.14 bits per heavy atom. The minimum atomic E-state index is -0.636. The maximum Gasteiger partial charge on any atom is 0.205 e. The number of rotatable bonds is 2. The maximum atomic E-state index is 9.22. The number of fused-ring (bicyclic) bond motifs is 1. The van der Waals surface area contributed by atoms with Crippen LogP contribution in [-0.2, 0) is 11.3 Å². The Morgan fingerprint density at radius 3 is 2.81 bits per heavy atom. The average Bonchev–Trinajstić information content (AvgIpc) is 2.80. The first-order chi connectivity index (χ1) is 9.43. The van der Waals surface area contributed by atoms with E-state index in [4.69, 9.17) is 9.47 Å². The maximum absolute atomic E-state index is 9.22. The van der Waals surface area contributed by atoms with Gasteiger partial charge in [-0.2, -0.15) is 4.99 Å². The Bertz CT molecular complexity index is 613. The number of hydrogen-bond acceptors (Lipinski definition) is 4. The molecule has 1 aromatic rings. The largest absolute Gasteiger partial charge is 0.456 e. The van der Waals surface area contributed by atoms with E-state index < -0.39 is 5.79 Å².